The van der Waals surface area contributed by atoms with Crippen LogP contribution in [0.1, 0.15) is 12.2 Å². The fourth-order valence-corrected chi connectivity index (χ4v) is 2.80. The Morgan fingerprint density at radius 3 is 2.64 bits per heavy atom. The molecule has 2 rings (SSSR count). The number of allylic oxidation sites excluding steroid dienone is 1. The van der Waals surface area contributed by atoms with Crippen molar-refractivity contribution >= 4 is 11.8 Å². The van der Waals surface area contributed by atoms with E-state index in [-0.39, 0.29) is 0 Å². The fraction of sp³-hybridized carbons (Fsp3) is 0.375. The first-order valence-electron chi connectivity index (χ1n) is 7.15. The van der Waals surface area contributed by atoms with Crippen LogP contribution in [-0.2, 0) is 6.54 Å². The smallest absolute Gasteiger partial charge is 0.191 e. The van der Waals surface area contributed by atoms with Crippen molar-refractivity contribution in [2.24, 2.45) is 0 Å². The predicted octanol–water partition coefficient (Wildman–Crippen LogP) is 3.34. The second-order valence-corrected chi connectivity index (χ2v) is 5.72. The van der Waals surface area contributed by atoms with Crippen molar-refractivity contribution in [1.82, 2.24) is 14.8 Å². The van der Waals surface area contributed by atoms with Gasteiger partial charge in [0.15, 0.2) is 5.16 Å². The summed E-state index contributed by atoms with van der Waals surface area (Å²) < 4.78 is 12.9. The molecule has 5 nitrogen and oxygen atoms in total. The lowest BCUT2D eigenvalue weighted by atomic mass is 10.3. The number of hydrogen-bond acceptors (Lipinski definition) is 5. The number of thioether (sulfide) groups is 1. The van der Waals surface area contributed by atoms with Gasteiger partial charge in [0, 0.05) is 12.3 Å². The number of rotatable bonds is 9. The number of hydrogen-bond donors (Lipinski definition) is 0. The highest BCUT2D eigenvalue weighted by Gasteiger charge is 2.07. The standard InChI is InChI=1S/C16H21N3O2S/c1-4-10-19-13(2)17-18-16(19)22-12-5-11-21-15-8-6-14(20-3)7-9-15/h4,6-9H,1,5,10-12H2,2-3H3. The van der Waals surface area contributed by atoms with Gasteiger partial charge in [0.1, 0.15) is 17.3 Å². The lowest BCUT2D eigenvalue weighted by molar-refractivity contribution is 0.318. The number of aromatic nitrogens is 3. The average molecular weight is 319 g/mol. The Balaban J connectivity index is 1.71. The number of ether oxygens (including phenoxy) is 2. The van der Waals surface area contributed by atoms with Crippen LogP contribution in [0.2, 0.25) is 0 Å². The molecule has 0 saturated carbocycles. The van der Waals surface area contributed by atoms with Crippen molar-refractivity contribution in [1.29, 1.82) is 0 Å². The topological polar surface area (TPSA) is 49.2 Å². The minimum Gasteiger partial charge on any atom is -0.497 e. The summed E-state index contributed by atoms with van der Waals surface area (Å²) in [5, 5.41) is 9.21. The summed E-state index contributed by atoms with van der Waals surface area (Å²) in [5.41, 5.74) is 0. The molecule has 0 spiro atoms. The normalized spacial score (nSPS) is 10.5. The van der Waals surface area contributed by atoms with Crippen molar-refractivity contribution in [3.63, 3.8) is 0 Å². The highest BCUT2D eigenvalue weighted by molar-refractivity contribution is 7.99. The molecule has 0 amide bonds. The Labute approximate surface area is 135 Å². The zero-order valence-electron chi connectivity index (χ0n) is 13.0. The van der Waals surface area contributed by atoms with Crippen LogP contribution in [0.4, 0.5) is 0 Å². The van der Waals surface area contributed by atoms with E-state index in [1.54, 1.807) is 18.9 Å². The van der Waals surface area contributed by atoms with Crippen LogP contribution in [0.5, 0.6) is 11.5 Å². The molecule has 0 aliphatic carbocycles. The van der Waals surface area contributed by atoms with Gasteiger partial charge in [-0.15, -0.1) is 16.8 Å². The monoisotopic (exact) mass is 319 g/mol. The third-order valence-electron chi connectivity index (χ3n) is 3.06. The maximum Gasteiger partial charge on any atom is 0.191 e. The second kappa shape index (κ2) is 8.48. The van der Waals surface area contributed by atoms with Crippen LogP contribution in [0, 0.1) is 6.92 Å². The molecule has 0 unspecified atom stereocenters. The van der Waals surface area contributed by atoms with Gasteiger partial charge >= 0.3 is 0 Å². The summed E-state index contributed by atoms with van der Waals surface area (Å²) in [6.07, 6.45) is 2.80. The molecule has 1 heterocycles. The van der Waals surface area contributed by atoms with Gasteiger partial charge in [0.2, 0.25) is 0 Å². The van der Waals surface area contributed by atoms with Gasteiger partial charge < -0.3 is 14.0 Å². The Kier molecular flexibility index (Phi) is 6.33. The van der Waals surface area contributed by atoms with Crippen molar-refractivity contribution in [2.75, 3.05) is 19.5 Å². The molecule has 22 heavy (non-hydrogen) atoms. The molecule has 1 aromatic carbocycles. The Bertz CT molecular complexity index is 596. The molecule has 0 fully saturated rings. The third kappa shape index (κ3) is 4.53. The Morgan fingerprint density at radius 2 is 1.95 bits per heavy atom. The van der Waals surface area contributed by atoms with E-state index < -0.39 is 0 Å². The first-order chi connectivity index (χ1) is 10.7. The highest BCUT2D eigenvalue weighted by atomic mass is 32.2. The minimum atomic E-state index is 0.675. The summed E-state index contributed by atoms with van der Waals surface area (Å²) in [6.45, 7) is 7.12. The molecule has 0 saturated heterocycles. The van der Waals surface area contributed by atoms with Crippen LogP contribution in [0.3, 0.4) is 0 Å². The first kappa shape index (κ1) is 16.4. The van der Waals surface area contributed by atoms with Gasteiger partial charge in [0.05, 0.1) is 13.7 Å². The molecule has 0 N–H and O–H groups in total. The van der Waals surface area contributed by atoms with Crippen LogP contribution in [0.25, 0.3) is 0 Å². The van der Waals surface area contributed by atoms with E-state index in [1.807, 2.05) is 37.3 Å². The average Bonchev–Trinajstić information content (AvgIpc) is 2.89. The molecular formula is C16H21N3O2S. The van der Waals surface area contributed by atoms with E-state index in [0.717, 1.165) is 41.2 Å². The zero-order chi connectivity index (χ0) is 15.8. The quantitative estimate of drug-likeness (QED) is 0.403. The molecular weight excluding hydrogens is 298 g/mol. The van der Waals surface area contributed by atoms with Crippen LogP contribution in [0.15, 0.2) is 42.1 Å². The lowest BCUT2D eigenvalue weighted by Gasteiger charge is -2.07. The molecule has 6 heteroatoms. The largest absolute Gasteiger partial charge is 0.497 e. The summed E-state index contributed by atoms with van der Waals surface area (Å²) in [5.74, 6) is 3.54. The van der Waals surface area contributed by atoms with E-state index >= 15 is 0 Å². The van der Waals surface area contributed by atoms with Crippen molar-refractivity contribution < 1.29 is 9.47 Å². The van der Waals surface area contributed by atoms with E-state index in [0.29, 0.717) is 6.61 Å². The van der Waals surface area contributed by atoms with E-state index in [2.05, 4.69) is 21.3 Å². The highest BCUT2D eigenvalue weighted by Crippen LogP contribution is 2.19. The molecule has 0 bridgehead atoms. The van der Waals surface area contributed by atoms with Gasteiger partial charge in [-0.2, -0.15) is 0 Å². The van der Waals surface area contributed by atoms with Crippen molar-refractivity contribution in [3.05, 3.63) is 42.7 Å². The molecule has 0 aliphatic rings. The zero-order valence-corrected chi connectivity index (χ0v) is 13.8. The summed E-state index contributed by atoms with van der Waals surface area (Å²) in [6, 6.07) is 7.61. The third-order valence-corrected chi connectivity index (χ3v) is 4.11. The molecule has 118 valence electrons. The Hall–Kier alpha value is -1.95. The minimum absolute atomic E-state index is 0.675. The van der Waals surface area contributed by atoms with Crippen molar-refractivity contribution in [3.8, 4) is 11.5 Å². The molecule has 0 atom stereocenters. The SMILES string of the molecule is C=CCn1c(C)nnc1SCCCOc1ccc(OC)cc1. The number of nitrogens with zero attached hydrogens (tertiary/aromatic N) is 3. The van der Waals surface area contributed by atoms with E-state index in [1.165, 1.54) is 0 Å². The van der Waals surface area contributed by atoms with Gasteiger partial charge in [-0.25, -0.2) is 0 Å². The second-order valence-electron chi connectivity index (χ2n) is 4.66. The summed E-state index contributed by atoms with van der Waals surface area (Å²) >= 11 is 1.69. The number of methoxy groups -OCH3 is 1. The molecule has 0 radical (unpaired) electrons. The van der Waals surface area contributed by atoms with Gasteiger partial charge in [-0.05, 0) is 37.6 Å². The molecule has 2 aromatic rings. The fourth-order valence-electron chi connectivity index (χ4n) is 1.89. The summed E-state index contributed by atoms with van der Waals surface area (Å²) in [4.78, 5) is 0. The predicted molar refractivity (Wildman–Crippen MR) is 88.8 cm³/mol. The molecule has 1 aromatic heterocycles. The Morgan fingerprint density at radius 1 is 1.23 bits per heavy atom. The van der Waals surface area contributed by atoms with Gasteiger partial charge in [0.25, 0.3) is 0 Å². The maximum absolute atomic E-state index is 5.70. The van der Waals surface area contributed by atoms with E-state index in [9.17, 15) is 0 Å². The number of benzene rings is 1. The van der Waals surface area contributed by atoms with Crippen LogP contribution in [-0.4, -0.2) is 34.2 Å². The van der Waals surface area contributed by atoms with Crippen molar-refractivity contribution in [2.45, 2.75) is 25.0 Å². The summed E-state index contributed by atoms with van der Waals surface area (Å²) in [7, 11) is 1.65. The van der Waals surface area contributed by atoms with E-state index in [4.69, 9.17) is 9.47 Å². The first-order valence-corrected chi connectivity index (χ1v) is 8.13. The number of aryl methyl sites for hydroxylation is 1. The maximum atomic E-state index is 5.70. The van der Waals surface area contributed by atoms with Crippen LogP contribution < -0.4 is 9.47 Å². The van der Waals surface area contributed by atoms with Gasteiger partial charge in [-0.3, -0.25) is 0 Å². The lowest BCUT2D eigenvalue weighted by Crippen LogP contribution is -2.02. The molecule has 0 aliphatic heterocycles. The van der Waals surface area contributed by atoms with Crippen LogP contribution >= 0.6 is 11.8 Å². The van der Waals surface area contributed by atoms with Gasteiger partial charge in [-0.1, -0.05) is 17.8 Å².